The molecule has 0 fully saturated rings. The molecular formula is C13H12IN3O3S. The highest BCUT2D eigenvalue weighted by atomic mass is 127. The number of nitrogens with one attached hydrogen (secondary N) is 2. The zero-order valence-corrected chi connectivity index (χ0v) is 14.0. The zero-order valence-electron chi connectivity index (χ0n) is 11.0. The number of urea groups is 1. The van der Waals surface area contributed by atoms with Gasteiger partial charge in [-0.05, 0) is 47.7 Å². The Morgan fingerprint density at radius 2 is 2.19 bits per heavy atom. The second-order valence-corrected chi connectivity index (χ2v) is 6.37. The van der Waals surface area contributed by atoms with Crippen LogP contribution in [-0.4, -0.2) is 22.1 Å². The molecule has 2 amide bonds. The number of carbonyl (C=O) groups is 2. The van der Waals surface area contributed by atoms with Crippen molar-refractivity contribution in [2.45, 2.75) is 13.5 Å². The fourth-order valence-electron chi connectivity index (χ4n) is 1.61. The molecule has 3 N–H and O–H groups in total. The molecule has 0 spiro atoms. The number of thiazole rings is 1. The van der Waals surface area contributed by atoms with Gasteiger partial charge in [0.2, 0.25) is 0 Å². The minimum Gasteiger partial charge on any atom is -0.478 e. The molecular weight excluding hydrogens is 405 g/mol. The van der Waals surface area contributed by atoms with Gasteiger partial charge in [0.05, 0.1) is 17.8 Å². The lowest BCUT2D eigenvalue weighted by Gasteiger charge is -2.09. The monoisotopic (exact) mass is 417 g/mol. The Morgan fingerprint density at radius 3 is 2.81 bits per heavy atom. The van der Waals surface area contributed by atoms with E-state index in [4.69, 9.17) is 5.11 Å². The SMILES string of the molecule is Cc1csc(CNC(=O)Nc2ccc(I)cc2C(=O)O)n1. The maximum absolute atomic E-state index is 11.8. The molecule has 0 bridgehead atoms. The van der Waals surface area contributed by atoms with Gasteiger partial charge in [0.15, 0.2) is 0 Å². The predicted molar refractivity (Wildman–Crippen MR) is 88.8 cm³/mol. The molecule has 0 unspecified atom stereocenters. The van der Waals surface area contributed by atoms with Gasteiger partial charge >= 0.3 is 12.0 Å². The summed E-state index contributed by atoms with van der Waals surface area (Å²) >= 11 is 3.48. The van der Waals surface area contributed by atoms with Gasteiger partial charge in [0.1, 0.15) is 5.01 Å². The van der Waals surface area contributed by atoms with Crippen molar-refractivity contribution >= 4 is 51.6 Å². The average Bonchev–Trinajstić information content (AvgIpc) is 2.84. The number of hydrogen-bond acceptors (Lipinski definition) is 4. The topological polar surface area (TPSA) is 91.3 Å². The van der Waals surface area contributed by atoms with Crippen LogP contribution in [0.2, 0.25) is 0 Å². The minimum atomic E-state index is -1.08. The summed E-state index contributed by atoms with van der Waals surface area (Å²) in [4.78, 5) is 27.2. The van der Waals surface area contributed by atoms with E-state index >= 15 is 0 Å². The standard InChI is InChI=1S/C13H12IN3O3S/c1-7-6-21-11(16-7)5-15-13(20)17-10-3-2-8(14)4-9(10)12(18)19/h2-4,6H,5H2,1H3,(H,18,19)(H2,15,17,20). The van der Waals surface area contributed by atoms with E-state index in [1.165, 1.54) is 17.4 Å². The van der Waals surface area contributed by atoms with E-state index in [1.54, 1.807) is 12.1 Å². The number of rotatable bonds is 4. The molecule has 8 heteroatoms. The highest BCUT2D eigenvalue weighted by Gasteiger charge is 2.13. The van der Waals surface area contributed by atoms with Crippen LogP contribution in [0.5, 0.6) is 0 Å². The van der Waals surface area contributed by atoms with Gasteiger partial charge < -0.3 is 15.7 Å². The van der Waals surface area contributed by atoms with Crippen molar-refractivity contribution in [1.29, 1.82) is 0 Å². The van der Waals surface area contributed by atoms with Crippen molar-refractivity contribution in [3.8, 4) is 0 Å². The van der Waals surface area contributed by atoms with Crippen LogP contribution < -0.4 is 10.6 Å². The molecule has 1 aromatic carbocycles. The molecule has 0 saturated heterocycles. The van der Waals surface area contributed by atoms with Crippen molar-refractivity contribution in [2.24, 2.45) is 0 Å². The van der Waals surface area contributed by atoms with Crippen LogP contribution in [0.3, 0.4) is 0 Å². The van der Waals surface area contributed by atoms with Crippen molar-refractivity contribution < 1.29 is 14.7 Å². The third-order valence-electron chi connectivity index (χ3n) is 2.53. The summed E-state index contributed by atoms with van der Waals surface area (Å²) in [6, 6.07) is 4.33. The predicted octanol–water partition coefficient (Wildman–Crippen LogP) is 3.08. The Hall–Kier alpha value is -1.68. The van der Waals surface area contributed by atoms with Gasteiger partial charge in [-0.15, -0.1) is 11.3 Å². The normalized spacial score (nSPS) is 10.2. The van der Waals surface area contributed by atoms with Crippen molar-refractivity contribution in [1.82, 2.24) is 10.3 Å². The number of carboxylic acid groups (broad SMARTS) is 1. The highest BCUT2D eigenvalue weighted by molar-refractivity contribution is 14.1. The van der Waals surface area contributed by atoms with Crippen molar-refractivity contribution in [2.75, 3.05) is 5.32 Å². The molecule has 0 aliphatic heterocycles. The second-order valence-electron chi connectivity index (χ2n) is 4.19. The molecule has 0 aliphatic carbocycles. The Bertz CT molecular complexity index is 687. The second kappa shape index (κ2) is 6.85. The van der Waals surface area contributed by atoms with Gasteiger partial charge in [0.25, 0.3) is 0 Å². The highest BCUT2D eigenvalue weighted by Crippen LogP contribution is 2.19. The molecule has 2 aromatic rings. The molecule has 110 valence electrons. The lowest BCUT2D eigenvalue weighted by atomic mass is 10.2. The molecule has 0 radical (unpaired) electrons. The first-order valence-electron chi connectivity index (χ1n) is 5.94. The Kier molecular flexibility index (Phi) is 5.12. The Labute approximate surface area is 138 Å². The van der Waals surface area contributed by atoms with Gasteiger partial charge in [-0.3, -0.25) is 0 Å². The maximum Gasteiger partial charge on any atom is 0.337 e. The third kappa shape index (κ3) is 4.39. The van der Waals surface area contributed by atoms with Crippen molar-refractivity contribution in [3.63, 3.8) is 0 Å². The van der Waals surface area contributed by atoms with Gasteiger partial charge in [-0.2, -0.15) is 0 Å². The first-order chi connectivity index (χ1) is 9.95. The molecule has 0 saturated carbocycles. The summed E-state index contributed by atoms with van der Waals surface area (Å²) < 4.78 is 0.786. The van der Waals surface area contributed by atoms with Gasteiger partial charge in [-0.1, -0.05) is 0 Å². The molecule has 21 heavy (non-hydrogen) atoms. The van der Waals surface area contributed by atoms with E-state index in [-0.39, 0.29) is 11.3 Å². The number of aromatic nitrogens is 1. The zero-order chi connectivity index (χ0) is 15.4. The Morgan fingerprint density at radius 1 is 1.43 bits per heavy atom. The molecule has 1 heterocycles. The fourth-order valence-corrected chi connectivity index (χ4v) is 2.81. The summed E-state index contributed by atoms with van der Waals surface area (Å²) in [6.07, 6.45) is 0. The lowest BCUT2D eigenvalue weighted by molar-refractivity contribution is 0.0698. The number of nitrogens with zero attached hydrogens (tertiary/aromatic N) is 1. The summed E-state index contributed by atoms with van der Waals surface area (Å²) in [6.45, 7) is 2.18. The number of amides is 2. The molecule has 1 aromatic heterocycles. The number of anilines is 1. The summed E-state index contributed by atoms with van der Waals surface area (Å²) in [5.41, 5.74) is 1.22. The van der Waals surface area contributed by atoms with E-state index in [2.05, 4.69) is 15.6 Å². The van der Waals surface area contributed by atoms with Crippen LogP contribution in [0, 0.1) is 10.5 Å². The van der Waals surface area contributed by atoms with Crippen LogP contribution in [0.25, 0.3) is 0 Å². The third-order valence-corrected chi connectivity index (χ3v) is 4.16. The molecule has 2 rings (SSSR count). The maximum atomic E-state index is 11.8. The summed E-state index contributed by atoms with van der Waals surface area (Å²) in [7, 11) is 0. The first kappa shape index (κ1) is 15.7. The number of carbonyl (C=O) groups excluding carboxylic acids is 1. The smallest absolute Gasteiger partial charge is 0.337 e. The van der Waals surface area contributed by atoms with Crippen LogP contribution >= 0.6 is 33.9 Å². The molecule has 6 nitrogen and oxygen atoms in total. The summed E-state index contributed by atoms with van der Waals surface area (Å²) in [5.74, 6) is -1.08. The van der Waals surface area contributed by atoms with Gasteiger partial charge in [-0.25, -0.2) is 14.6 Å². The quantitative estimate of drug-likeness (QED) is 0.667. The van der Waals surface area contributed by atoms with E-state index in [0.717, 1.165) is 14.3 Å². The molecule has 0 atom stereocenters. The number of halogens is 1. The number of benzene rings is 1. The van der Waals surface area contributed by atoms with Crippen LogP contribution in [0.4, 0.5) is 10.5 Å². The van der Waals surface area contributed by atoms with Crippen molar-refractivity contribution in [3.05, 3.63) is 43.4 Å². The average molecular weight is 417 g/mol. The van der Waals surface area contributed by atoms with E-state index in [1.807, 2.05) is 34.9 Å². The lowest BCUT2D eigenvalue weighted by Crippen LogP contribution is -2.28. The van der Waals surface area contributed by atoms with E-state index in [0.29, 0.717) is 6.54 Å². The number of hydrogen-bond donors (Lipinski definition) is 3. The summed E-state index contributed by atoms with van der Waals surface area (Å²) in [5, 5.41) is 17.0. The van der Waals surface area contributed by atoms with Crippen LogP contribution in [-0.2, 0) is 6.54 Å². The fraction of sp³-hybridized carbons (Fsp3) is 0.154. The largest absolute Gasteiger partial charge is 0.478 e. The van der Waals surface area contributed by atoms with E-state index < -0.39 is 12.0 Å². The molecule has 0 aliphatic rings. The number of aryl methyl sites for hydroxylation is 1. The minimum absolute atomic E-state index is 0.0575. The Balaban J connectivity index is 2.01. The number of carboxylic acids is 1. The van der Waals surface area contributed by atoms with Crippen LogP contribution in [0.15, 0.2) is 23.6 Å². The number of aromatic carboxylic acids is 1. The van der Waals surface area contributed by atoms with E-state index in [9.17, 15) is 9.59 Å². The van der Waals surface area contributed by atoms with Crippen LogP contribution in [0.1, 0.15) is 21.1 Å². The first-order valence-corrected chi connectivity index (χ1v) is 7.90. The van der Waals surface area contributed by atoms with Gasteiger partial charge in [0, 0.05) is 14.6 Å².